The maximum Gasteiger partial charge on any atom is 0.0958 e. The predicted octanol–water partition coefficient (Wildman–Crippen LogP) is 3.72. The lowest BCUT2D eigenvalue weighted by Gasteiger charge is -2.65. The quantitative estimate of drug-likeness (QED) is 0.567. The van der Waals surface area contributed by atoms with E-state index in [4.69, 9.17) is 16.3 Å². The van der Waals surface area contributed by atoms with Crippen LogP contribution in [0.1, 0.15) is 63.0 Å². The summed E-state index contributed by atoms with van der Waals surface area (Å²) in [5.74, 6) is 0.164. The molecule has 2 bridgehead atoms. The van der Waals surface area contributed by atoms with E-state index < -0.39 is 28.3 Å². The van der Waals surface area contributed by atoms with Crippen LogP contribution < -0.4 is 0 Å². The first-order valence-electron chi connectivity index (χ1n) is 12.9. The maximum atomic E-state index is 11.2. The van der Waals surface area contributed by atoms with E-state index in [2.05, 4.69) is 25.1 Å². The topological polar surface area (TPSA) is 73.2 Å². The van der Waals surface area contributed by atoms with Gasteiger partial charge >= 0.3 is 0 Å². The third-order valence-corrected chi connectivity index (χ3v) is 11.3. The van der Waals surface area contributed by atoms with Crippen molar-refractivity contribution < 1.29 is 20.1 Å². The summed E-state index contributed by atoms with van der Waals surface area (Å²) in [5, 5.41) is 31.6. The molecule has 2 saturated heterocycles. The summed E-state index contributed by atoms with van der Waals surface area (Å²) in [6.45, 7) is 2.45. The Kier molecular flexibility index (Phi) is 5.19. The van der Waals surface area contributed by atoms with Crippen LogP contribution in [0.25, 0.3) is 5.57 Å². The van der Waals surface area contributed by atoms with Gasteiger partial charge in [0.15, 0.2) is 0 Å². The van der Waals surface area contributed by atoms with Gasteiger partial charge in [-0.2, -0.15) is 0 Å². The molecule has 2 saturated carbocycles. The van der Waals surface area contributed by atoms with Gasteiger partial charge in [-0.1, -0.05) is 37.3 Å². The molecule has 0 radical (unpaired) electrons. The van der Waals surface area contributed by atoms with Crippen molar-refractivity contribution in [3.8, 4) is 0 Å². The van der Waals surface area contributed by atoms with E-state index in [-0.39, 0.29) is 24.0 Å². The predicted molar refractivity (Wildman–Crippen MR) is 132 cm³/mol. The van der Waals surface area contributed by atoms with Crippen molar-refractivity contribution in [1.29, 1.82) is 0 Å². The lowest BCUT2D eigenvalue weighted by molar-refractivity contribution is -0.276. The van der Waals surface area contributed by atoms with Crippen LogP contribution in [-0.2, 0) is 11.3 Å². The van der Waals surface area contributed by atoms with E-state index in [1.807, 2.05) is 31.1 Å². The van der Waals surface area contributed by atoms with Gasteiger partial charge in [0.05, 0.1) is 34.9 Å². The van der Waals surface area contributed by atoms with Crippen molar-refractivity contribution in [2.24, 2.45) is 17.3 Å². The van der Waals surface area contributed by atoms with E-state index in [9.17, 15) is 15.3 Å². The fraction of sp³-hybridized carbons (Fsp3) is 0.714. The molecule has 6 rings (SSSR count). The molecule has 2 heterocycles. The first kappa shape index (κ1) is 23.4. The number of rotatable bonds is 3. The minimum atomic E-state index is -0.816. The molecule has 1 aromatic rings. The first-order chi connectivity index (χ1) is 16.1. The summed E-state index contributed by atoms with van der Waals surface area (Å²) >= 11 is 7.57. The molecule has 3 aliphatic carbocycles. The van der Waals surface area contributed by atoms with Gasteiger partial charge in [0, 0.05) is 17.9 Å². The standard InChI is InChI=1S/C28H38ClNO4/c1-25-10-12-27(29)14-20-23(32)24(33)21(30(2)3)15-26(20)11-13-28(27,34-26)22(25)9-8-19(25)18-6-4-17(16-31)5-7-18/h4-8,20-24,31-33H,9-16H2,1-3H3. The number of benzene rings is 1. The molecule has 4 fully saturated rings. The number of likely N-dealkylation sites (N-methyl/N-ethyl adjacent to an activating group) is 1. The number of hydrogen-bond donors (Lipinski definition) is 3. The van der Waals surface area contributed by atoms with Gasteiger partial charge in [0.1, 0.15) is 0 Å². The summed E-state index contributed by atoms with van der Waals surface area (Å²) < 4.78 is 7.29. The molecule has 34 heavy (non-hydrogen) atoms. The number of aliphatic hydroxyl groups is 3. The van der Waals surface area contributed by atoms with E-state index in [1.54, 1.807) is 0 Å². The van der Waals surface area contributed by atoms with Crippen molar-refractivity contribution >= 4 is 17.2 Å². The first-order valence-corrected chi connectivity index (χ1v) is 13.3. The second kappa shape index (κ2) is 7.53. The van der Waals surface area contributed by atoms with Gasteiger partial charge in [-0.15, -0.1) is 11.6 Å². The Bertz CT molecular complexity index is 1010. The number of allylic oxidation sites excluding steroid dienone is 2. The molecular formula is C28H38ClNO4. The Morgan fingerprint density at radius 2 is 1.76 bits per heavy atom. The number of alkyl halides is 1. The molecule has 9 atom stereocenters. The van der Waals surface area contributed by atoms with Crippen molar-refractivity contribution in [1.82, 2.24) is 4.90 Å². The van der Waals surface area contributed by atoms with Gasteiger partial charge in [-0.05, 0) is 81.2 Å². The number of hydrogen-bond acceptors (Lipinski definition) is 5. The van der Waals surface area contributed by atoms with Crippen molar-refractivity contribution in [3.63, 3.8) is 0 Å². The Hall–Kier alpha value is -0.950. The summed E-state index contributed by atoms with van der Waals surface area (Å²) in [6.07, 6.45) is 6.85. The van der Waals surface area contributed by atoms with E-state index in [1.165, 1.54) is 11.1 Å². The minimum absolute atomic E-state index is 0.0226. The average molecular weight is 488 g/mol. The van der Waals surface area contributed by atoms with E-state index in [0.717, 1.165) is 44.1 Å². The van der Waals surface area contributed by atoms with Crippen LogP contribution in [0.4, 0.5) is 0 Å². The zero-order valence-corrected chi connectivity index (χ0v) is 21.3. The molecule has 3 N–H and O–H groups in total. The molecule has 9 unspecified atom stereocenters. The third kappa shape index (κ3) is 2.86. The normalized spacial score (nSPS) is 49.4. The van der Waals surface area contributed by atoms with Gasteiger partial charge in [-0.25, -0.2) is 0 Å². The van der Waals surface area contributed by atoms with Gasteiger partial charge in [-0.3, -0.25) is 0 Å². The molecular weight excluding hydrogens is 450 g/mol. The summed E-state index contributed by atoms with van der Waals surface area (Å²) in [6, 6.07) is 8.19. The number of nitrogens with zero attached hydrogens (tertiary/aromatic N) is 1. The molecule has 5 aliphatic rings. The molecule has 0 amide bonds. The molecule has 0 aromatic heterocycles. The van der Waals surface area contributed by atoms with Crippen LogP contribution in [0.5, 0.6) is 0 Å². The Labute approximate surface area is 207 Å². The fourth-order valence-electron chi connectivity index (χ4n) is 8.80. The molecule has 2 aliphatic heterocycles. The minimum Gasteiger partial charge on any atom is -0.392 e. The summed E-state index contributed by atoms with van der Waals surface area (Å²) in [7, 11) is 3.95. The molecule has 2 spiro atoms. The van der Waals surface area contributed by atoms with Crippen LogP contribution in [0.3, 0.4) is 0 Å². The third-order valence-electron chi connectivity index (χ3n) is 10.6. The highest BCUT2D eigenvalue weighted by Crippen LogP contribution is 2.73. The van der Waals surface area contributed by atoms with Crippen LogP contribution >= 0.6 is 11.6 Å². The molecule has 186 valence electrons. The zero-order valence-electron chi connectivity index (χ0n) is 20.5. The second-order valence-corrected chi connectivity index (χ2v) is 13.0. The number of aliphatic hydroxyl groups excluding tert-OH is 3. The van der Waals surface area contributed by atoms with E-state index in [0.29, 0.717) is 12.3 Å². The van der Waals surface area contributed by atoms with E-state index >= 15 is 0 Å². The van der Waals surface area contributed by atoms with Crippen LogP contribution in [0.15, 0.2) is 30.3 Å². The summed E-state index contributed by atoms with van der Waals surface area (Å²) in [5.41, 5.74) is 2.68. The SMILES string of the molecule is CN(C)C1CC23CCC4(O2)C2CC=C(c5ccc(CO)cc5)C2(C)CCC4(Cl)CC3C(O)C1O. The number of fused-ring (bicyclic) bond motifs is 1. The Morgan fingerprint density at radius 1 is 1.03 bits per heavy atom. The molecule has 5 nitrogen and oxygen atoms in total. The van der Waals surface area contributed by atoms with Crippen LogP contribution in [0.2, 0.25) is 0 Å². The highest BCUT2D eigenvalue weighted by atomic mass is 35.5. The molecule has 6 heteroatoms. The molecule has 1 aromatic carbocycles. The lowest BCUT2D eigenvalue weighted by Crippen LogP contribution is -2.72. The van der Waals surface area contributed by atoms with Crippen LogP contribution in [-0.4, -0.2) is 68.6 Å². The Balaban J connectivity index is 1.37. The highest BCUT2D eigenvalue weighted by molar-refractivity contribution is 6.25. The fourth-order valence-corrected chi connectivity index (χ4v) is 9.32. The maximum absolute atomic E-state index is 11.2. The second-order valence-electron chi connectivity index (χ2n) is 12.2. The highest BCUT2D eigenvalue weighted by Gasteiger charge is 2.76. The Morgan fingerprint density at radius 3 is 2.44 bits per heavy atom. The summed E-state index contributed by atoms with van der Waals surface area (Å²) in [4.78, 5) is 1.52. The number of halogens is 1. The van der Waals surface area contributed by atoms with Gasteiger partial charge in [0.25, 0.3) is 0 Å². The zero-order chi connectivity index (χ0) is 24.1. The smallest absolute Gasteiger partial charge is 0.0958 e. The lowest BCUT2D eigenvalue weighted by atomic mass is 9.52. The average Bonchev–Trinajstić information content (AvgIpc) is 3.35. The number of ether oxygens (including phenoxy) is 1. The monoisotopic (exact) mass is 487 g/mol. The van der Waals surface area contributed by atoms with Crippen molar-refractivity contribution in [2.75, 3.05) is 14.1 Å². The van der Waals surface area contributed by atoms with Crippen LogP contribution in [0, 0.1) is 17.3 Å². The van der Waals surface area contributed by atoms with Crippen molar-refractivity contribution in [3.05, 3.63) is 41.5 Å². The van der Waals surface area contributed by atoms with Crippen molar-refractivity contribution in [2.45, 2.75) is 92.8 Å². The van der Waals surface area contributed by atoms with Gasteiger partial charge in [0.2, 0.25) is 0 Å². The van der Waals surface area contributed by atoms with Gasteiger partial charge < -0.3 is 25.0 Å². The largest absolute Gasteiger partial charge is 0.392 e.